The maximum atomic E-state index is 11.4. The van der Waals surface area contributed by atoms with E-state index in [-0.39, 0.29) is 5.92 Å². The van der Waals surface area contributed by atoms with E-state index in [2.05, 4.69) is 39.8 Å². The van der Waals surface area contributed by atoms with Gasteiger partial charge in [-0.05, 0) is 80.5 Å². The van der Waals surface area contributed by atoms with E-state index in [4.69, 9.17) is 0 Å². The van der Waals surface area contributed by atoms with Gasteiger partial charge in [-0.1, -0.05) is 51.0 Å². The average molecular weight is 329 g/mol. The van der Waals surface area contributed by atoms with Crippen molar-refractivity contribution in [3.63, 3.8) is 0 Å². The highest BCUT2D eigenvalue weighted by molar-refractivity contribution is 5.54. The molecule has 0 amide bonds. The van der Waals surface area contributed by atoms with Crippen molar-refractivity contribution in [2.45, 2.75) is 79.1 Å². The lowest BCUT2D eigenvalue weighted by molar-refractivity contribution is -0.113. The fourth-order valence-electron chi connectivity index (χ4n) is 6.43. The Morgan fingerprint density at radius 2 is 1.83 bits per heavy atom. The van der Waals surface area contributed by atoms with Crippen LogP contribution in [0, 0.1) is 35.0 Å². The van der Waals surface area contributed by atoms with Gasteiger partial charge in [0, 0.05) is 5.92 Å². The van der Waals surface area contributed by atoms with Gasteiger partial charge in [0.15, 0.2) is 0 Å². The van der Waals surface area contributed by atoms with Crippen LogP contribution >= 0.6 is 0 Å². The summed E-state index contributed by atoms with van der Waals surface area (Å²) in [6.45, 7) is 9.41. The summed E-state index contributed by atoms with van der Waals surface area (Å²) in [5, 5.41) is 0. The first-order chi connectivity index (χ1) is 11.4. The molecule has 134 valence electrons. The fraction of sp³-hybridized carbons (Fsp3) is 0.783. The van der Waals surface area contributed by atoms with E-state index < -0.39 is 0 Å². The first kappa shape index (κ1) is 18.0. The lowest BCUT2D eigenvalue weighted by Gasteiger charge is -2.43. The van der Waals surface area contributed by atoms with E-state index in [0.29, 0.717) is 17.3 Å². The van der Waals surface area contributed by atoms with Crippen molar-refractivity contribution in [2.75, 3.05) is 0 Å². The van der Waals surface area contributed by atoms with Crippen LogP contribution in [0.5, 0.6) is 0 Å². The molecule has 3 saturated carbocycles. The van der Waals surface area contributed by atoms with Crippen LogP contribution in [0.25, 0.3) is 0 Å². The SMILES string of the molecule is C[C@@H]1CC(=C/C=C2\CCC[C@]3(C)[C@@H]([C@H](C)C=O)CC[C@@H]23)C[C@@H](C)C1. The number of carbonyl (C=O) groups is 1. The molecule has 0 aromatic carbocycles. The summed E-state index contributed by atoms with van der Waals surface area (Å²) in [7, 11) is 0. The van der Waals surface area contributed by atoms with Gasteiger partial charge in [0.1, 0.15) is 6.29 Å². The van der Waals surface area contributed by atoms with Gasteiger partial charge in [0.05, 0.1) is 0 Å². The number of allylic oxidation sites excluding steroid dienone is 4. The summed E-state index contributed by atoms with van der Waals surface area (Å²) in [6, 6.07) is 0. The lowest BCUT2D eigenvalue weighted by Crippen LogP contribution is -2.36. The molecule has 24 heavy (non-hydrogen) atoms. The van der Waals surface area contributed by atoms with E-state index in [1.807, 2.05) is 0 Å². The molecule has 1 nitrogen and oxygen atoms in total. The molecule has 0 aromatic rings. The molecule has 6 atom stereocenters. The van der Waals surface area contributed by atoms with Crippen LogP contribution < -0.4 is 0 Å². The van der Waals surface area contributed by atoms with E-state index in [1.165, 1.54) is 57.7 Å². The fourth-order valence-corrected chi connectivity index (χ4v) is 6.43. The van der Waals surface area contributed by atoms with Gasteiger partial charge in [-0.25, -0.2) is 0 Å². The zero-order valence-electron chi connectivity index (χ0n) is 16.2. The second-order valence-electron chi connectivity index (χ2n) is 9.51. The number of hydrogen-bond acceptors (Lipinski definition) is 1. The molecular formula is C23H36O. The Kier molecular flexibility index (Phi) is 5.37. The smallest absolute Gasteiger partial charge is 0.123 e. The standard InChI is InChI=1S/C23H36O/c1-16-12-17(2)14-19(13-16)7-8-20-6-5-11-23(4)21(18(3)15-24)9-10-22(20)23/h7-8,15-18,21-22H,5-6,9-14H2,1-4H3/b20-8+/t16-,17-,18+,21+,22-,23+/m0/s1. The van der Waals surface area contributed by atoms with Crippen LogP contribution in [-0.4, -0.2) is 6.29 Å². The first-order valence-electron chi connectivity index (χ1n) is 10.3. The highest BCUT2D eigenvalue weighted by Crippen LogP contribution is 2.59. The maximum Gasteiger partial charge on any atom is 0.123 e. The Bertz CT molecular complexity index is 516. The van der Waals surface area contributed by atoms with E-state index >= 15 is 0 Å². The predicted octanol–water partition coefficient (Wildman–Crippen LogP) is 6.35. The van der Waals surface area contributed by atoms with Crippen molar-refractivity contribution in [1.82, 2.24) is 0 Å². The Hall–Kier alpha value is -0.850. The summed E-state index contributed by atoms with van der Waals surface area (Å²) in [4.78, 5) is 11.4. The quantitative estimate of drug-likeness (QED) is 0.552. The third kappa shape index (κ3) is 3.41. The molecule has 0 aromatic heterocycles. The summed E-state index contributed by atoms with van der Waals surface area (Å²) < 4.78 is 0. The summed E-state index contributed by atoms with van der Waals surface area (Å²) in [6.07, 6.45) is 16.6. The topological polar surface area (TPSA) is 17.1 Å². The first-order valence-corrected chi connectivity index (χ1v) is 10.3. The van der Waals surface area contributed by atoms with Gasteiger partial charge in [-0.2, -0.15) is 0 Å². The van der Waals surface area contributed by atoms with E-state index in [1.54, 1.807) is 11.1 Å². The second kappa shape index (κ2) is 7.18. The Morgan fingerprint density at radius 3 is 2.50 bits per heavy atom. The number of carbonyl (C=O) groups excluding carboxylic acids is 1. The van der Waals surface area contributed by atoms with Gasteiger partial charge in [0.2, 0.25) is 0 Å². The van der Waals surface area contributed by atoms with Crippen molar-refractivity contribution in [2.24, 2.45) is 35.0 Å². The number of fused-ring (bicyclic) bond motifs is 1. The highest BCUT2D eigenvalue weighted by atomic mass is 16.1. The van der Waals surface area contributed by atoms with Crippen LogP contribution in [0.1, 0.15) is 79.1 Å². The van der Waals surface area contributed by atoms with Gasteiger partial charge >= 0.3 is 0 Å². The van der Waals surface area contributed by atoms with Gasteiger partial charge in [-0.3, -0.25) is 0 Å². The summed E-state index contributed by atoms with van der Waals surface area (Å²) in [5.74, 6) is 3.22. The second-order valence-corrected chi connectivity index (χ2v) is 9.51. The van der Waals surface area contributed by atoms with Crippen molar-refractivity contribution in [3.05, 3.63) is 23.3 Å². The van der Waals surface area contributed by atoms with Gasteiger partial charge in [0.25, 0.3) is 0 Å². The lowest BCUT2D eigenvalue weighted by atomic mass is 9.61. The molecule has 0 heterocycles. The average Bonchev–Trinajstić information content (AvgIpc) is 2.89. The van der Waals surface area contributed by atoms with Crippen molar-refractivity contribution >= 4 is 6.29 Å². The molecule has 0 unspecified atom stereocenters. The summed E-state index contributed by atoms with van der Waals surface area (Å²) >= 11 is 0. The van der Waals surface area contributed by atoms with Crippen LogP contribution in [0.4, 0.5) is 0 Å². The maximum absolute atomic E-state index is 11.4. The molecule has 0 spiro atoms. The molecule has 3 aliphatic rings. The minimum atomic E-state index is 0.220. The molecule has 0 N–H and O–H groups in total. The molecule has 3 aliphatic carbocycles. The third-order valence-corrected chi connectivity index (χ3v) is 7.45. The zero-order chi connectivity index (χ0) is 17.3. The van der Waals surface area contributed by atoms with Crippen LogP contribution in [0.15, 0.2) is 23.3 Å². The van der Waals surface area contributed by atoms with Crippen molar-refractivity contribution in [3.8, 4) is 0 Å². The molecule has 0 bridgehead atoms. The van der Waals surface area contributed by atoms with Crippen LogP contribution in [0.2, 0.25) is 0 Å². The number of rotatable bonds is 3. The molecule has 0 aliphatic heterocycles. The molecular weight excluding hydrogens is 292 g/mol. The molecule has 0 radical (unpaired) electrons. The normalized spacial score (nSPS) is 42.7. The van der Waals surface area contributed by atoms with Gasteiger partial charge < -0.3 is 4.79 Å². The molecule has 3 fully saturated rings. The van der Waals surface area contributed by atoms with E-state index in [0.717, 1.165) is 11.8 Å². The molecule has 0 saturated heterocycles. The summed E-state index contributed by atoms with van der Waals surface area (Å²) in [5.41, 5.74) is 3.70. The third-order valence-electron chi connectivity index (χ3n) is 7.45. The number of aldehydes is 1. The molecule has 1 heteroatoms. The van der Waals surface area contributed by atoms with Crippen molar-refractivity contribution in [1.29, 1.82) is 0 Å². The van der Waals surface area contributed by atoms with E-state index in [9.17, 15) is 4.79 Å². The minimum absolute atomic E-state index is 0.220. The van der Waals surface area contributed by atoms with Crippen molar-refractivity contribution < 1.29 is 4.79 Å². The Balaban J connectivity index is 1.78. The predicted molar refractivity (Wildman–Crippen MR) is 102 cm³/mol. The van der Waals surface area contributed by atoms with Crippen LogP contribution in [0.3, 0.4) is 0 Å². The Morgan fingerprint density at radius 1 is 1.12 bits per heavy atom. The minimum Gasteiger partial charge on any atom is -0.303 e. The Labute approximate surface area is 149 Å². The highest BCUT2D eigenvalue weighted by Gasteiger charge is 2.50. The van der Waals surface area contributed by atoms with Crippen LogP contribution in [-0.2, 0) is 4.79 Å². The number of hydrogen-bond donors (Lipinski definition) is 0. The monoisotopic (exact) mass is 328 g/mol. The molecule has 3 rings (SSSR count). The van der Waals surface area contributed by atoms with Gasteiger partial charge in [-0.15, -0.1) is 0 Å². The zero-order valence-corrected chi connectivity index (χ0v) is 16.2. The largest absolute Gasteiger partial charge is 0.303 e.